The number of carbonyl (C=O) groups is 1. The highest BCUT2D eigenvalue weighted by Crippen LogP contribution is 2.41. The molecule has 3 aliphatic rings. The minimum absolute atomic E-state index is 0.00870. The predicted molar refractivity (Wildman–Crippen MR) is 157 cm³/mol. The van der Waals surface area contributed by atoms with Crippen LogP contribution in [-0.4, -0.2) is 93.2 Å². The van der Waals surface area contributed by atoms with E-state index in [1.54, 1.807) is 17.2 Å². The number of nitrogens with zero attached hydrogens (tertiary/aromatic N) is 7. The van der Waals surface area contributed by atoms with E-state index in [1.165, 1.54) is 6.08 Å². The molecule has 3 fully saturated rings. The van der Waals surface area contributed by atoms with Crippen molar-refractivity contribution in [3.05, 3.63) is 41.9 Å². The highest BCUT2D eigenvalue weighted by atomic mass is 19.1. The minimum Gasteiger partial charge on any atom is -0.461 e. The number of carbonyl (C=O) groups excluding carboxylic acids is 1. The van der Waals surface area contributed by atoms with E-state index in [-0.39, 0.29) is 41.6 Å². The highest BCUT2D eigenvalue weighted by molar-refractivity contribution is 5.92. The molecule has 3 aromatic rings. The number of likely N-dealkylation sites (N-methyl/N-ethyl adjacent to an activating group) is 1. The number of aromatic nitrogens is 4. The summed E-state index contributed by atoms with van der Waals surface area (Å²) in [6.45, 7) is 9.80. The van der Waals surface area contributed by atoms with Crippen LogP contribution in [0.1, 0.15) is 36.8 Å². The first-order valence-corrected chi connectivity index (χ1v) is 14.4. The third-order valence-corrected chi connectivity index (χ3v) is 9.18. The molecule has 6 rings (SSSR count). The molecule has 12 heteroatoms. The average Bonchev–Trinajstić information content (AvgIpc) is 3.68. The van der Waals surface area contributed by atoms with Crippen LogP contribution in [0, 0.1) is 19.7 Å². The van der Waals surface area contributed by atoms with E-state index in [0.29, 0.717) is 49.4 Å². The molecule has 3 atom stereocenters. The maximum absolute atomic E-state index is 16.4. The lowest BCUT2D eigenvalue weighted by Gasteiger charge is -2.31. The Bertz CT molecular complexity index is 1570. The van der Waals surface area contributed by atoms with E-state index >= 15 is 4.39 Å². The lowest BCUT2D eigenvalue weighted by Crippen LogP contribution is -2.43. The molecule has 0 radical (unpaired) electrons. The van der Waals surface area contributed by atoms with Gasteiger partial charge < -0.3 is 20.3 Å². The van der Waals surface area contributed by atoms with Crippen molar-refractivity contribution in [2.45, 2.75) is 57.3 Å². The Hall–Kier alpha value is -3.93. The average molecular weight is 579 g/mol. The fourth-order valence-corrected chi connectivity index (χ4v) is 6.72. The number of nitrogen functional groups attached to an aromatic ring is 1. The molecular formula is C30H36F2N8O2. The van der Waals surface area contributed by atoms with Crippen molar-refractivity contribution >= 4 is 28.4 Å². The molecule has 0 saturated carbocycles. The van der Waals surface area contributed by atoms with Gasteiger partial charge in [0.2, 0.25) is 5.91 Å². The molecule has 42 heavy (non-hydrogen) atoms. The first-order valence-electron chi connectivity index (χ1n) is 14.4. The molecule has 0 unspecified atom stereocenters. The van der Waals surface area contributed by atoms with Gasteiger partial charge in [0.05, 0.1) is 16.6 Å². The molecule has 6 heterocycles. The minimum atomic E-state index is -0.903. The van der Waals surface area contributed by atoms with Gasteiger partial charge in [-0.1, -0.05) is 6.58 Å². The summed E-state index contributed by atoms with van der Waals surface area (Å²) < 4.78 is 37.0. The summed E-state index contributed by atoms with van der Waals surface area (Å²) in [7, 11) is 1.86. The van der Waals surface area contributed by atoms with Gasteiger partial charge in [0, 0.05) is 45.3 Å². The summed E-state index contributed by atoms with van der Waals surface area (Å²) in [5, 5.41) is 0.406. The van der Waals surface area contributed by atoms with Crippen molar-refractivity contribution in [2.24, 2.45) is 0 Å². The summed E-state index contributed by atoms with van der Waals surface area (Å²) in [5.74, 6) is -0.0854. The molecular weight excluding hydrogens is 542 g/mol. The number of fused-ring (bicyclic) bond motifs is 2. The van der Waals surface area contributed by atoms with Gasteiger partial charge in [-0.2, -0.15) is 9.97 Å². The number of hydrogen-bond acceptors (Lipinski definition) is 9. The van der Waals surface area contributed by atoms with Crippen LogP contribution in [0.3, 0.4) is 0 Å². The van der Waals surface area contributed by atoms with Crippen molar-refractivity contribution < 1.29 is 18.3 Å². The first kappa shape index (κ1) is 28.2. The van der Waals surface area contributed by atoms with Gasteiger partial charge in [-0.3, -0.25) is 14.7 Å². The number of aryl methyl sites for hydroxylation is 1. The van der Waals surface area contributed by atoms with Gasteiger partial charge >= 0.3 is 6.01 Å². The van der Waals surface area contributed by atoms with Crippen LogP contribution < -0.4 is 15.4 Å². The number of nitrogens with two attached hydrogens (primary N) is 1. The van der Waals surface area contributed by atoms with E-state index in [0.717, 1.165) is 30.5 Å². The number of rotatable bonds is 7. The molecule has 2 N–H and O–H groups in total. The number of halogens is 2. The lowest BCUT2D eigenvalue weighted by atomic mass is 9.95. The molecule has 0 spiro atoms. The third-order valence-electron chi connectivity index (χ3n) is 9.18. The van der Waals surface area contributed by atoms with Crippen molar-refractivity contribution in [3.63, 3.8) is 0 Å². The second-order valence-electron chi connectivity index (χ2n) is 11.8. The first-order chi connectivity index (χ1) is 20.1. The van der Waals surface area contributed by atoms with E-state index in [9.17, 15) is 9.18 Å². The maximum Gasteiger partial charge on any atom is 0.319 e. The Morgan fingerprint density at radius 2 is 2.07 bits per heavy atom. The summed E-state index contributed by atoms with van der Waals surface area (Å²) >= 11 is 0. The van der Waals surface area contributed by atoms with E-state index in [2.05, 4.69) is 26.4 Å². The largest absolute Gasteiger partial charge is 0.461 e. The van der Waals surface area contributed by atoms with Gasteiger partial charge in [-0.15, -0.1) is 0 Å². The van der Waals surface area contributed by atoms with Gasteiger partial charge in [-0.25, -0.2) is 13.8 Å². The highest BCUT2D eigenvalue weighted by Gasteiger charge is 2.49. The number of pyridine rings is 2. The third kappa shape index (κ3) is 4.81. The molecule has 3 saturated heterocycles. The van der Waals surface area contributed by atoms with Crippen molar-refractivity contribution in [1.82, 2.24) is 29.7 Å². The molecule has 0 aromatic carbocycles. The second kappa shape index (κ2) is 10.7. The smallest absolute Gasteiger partial charge is 0.319 e. The fourth-order valence-electron chi connectivity index (χ4n) is 6.72. The summed E-state index contributed by atoms with van der Waals surface area (Å²) in [5.41, 5.74) is 7.64. The van der Waals surface area contributed by atoms with Gasteiger partial charge in [0.1, 0.15) is 35.6 Å². The van der Waals surface area contributed by atoms with Crippen molar-refractivity contribution in [3.8, 4) is 17.4 Å². The second-order valence-corrected chi connectivity index (χ2v) is 11.8. The van der Waals surface area contributed by atoms with Crippen LogP contribution in [0.25, 0.3) is 22.3 Å². The SMILES string of the molecule is C=CC(=O)N1CC[C@@H](N(C)c2nc(OC[C@@]34CCCN3C[C@H](F)C4)nc3c(F)c(-c4nc(N)cc(C)c4C)ncc23)C1. The van der Waals surface area contributed by atoms with Crippen LogP contribution in [-0.2, 0) is 4.79 Å². The number of likely N-dealkylation sites (tertiary alicyclic amines) is 1. The van der Waals surface area contributed by atoms with E-state index in [1.807, 2.05) is 25.8 Å². The van der Waals surface area contributed by atoms with Crippen LogP contribution in [0.5, 0.6) is 6.01 Å². The zero-order valence-electron chi connectivity index (χ0n) is 24.2. The van der Waals surface area contributed by atoms with Crippen LogP contribution in [0.2, 0.25) is 0 Å². The molecule has 3 aromatic heterocycles. The van der Waals surface area contributed by atoms with Gasteiger partial charge in [0.15, 0.2) is 5.82 Å². The van der Waals surface area contributed by atoms with Crippen molar-refractivity contribution in [1.29, 1.82) is 0 Å². The standard InChI is InChI=1S/C30H36F2N8O2/c1-5-23(41)39-10-7-20(15-39)38(4)28-21-13-34-27(25-18(3)17(2)11-22(33)35-25)24(32)26(21)36-29(37-28)42-16-30-8-6-9-40(30)14-19(31)12-30/h5,11,13,19-20H,1,6-10,12,14-16H2,2-4H3,(H2,33,35)/t19-,20-,30+/m1/s1. The maximum atomic E-state index is 16.4. The number of ether oxygens (including phenoxy) is 1. The summed E-state index contributed by atoms with van der Waals surface area (Å²) in [6.07, 6.45) is 4.84. The molecule has 0 aliphatic carbocycles. The van der Waals surface area contributed by atoms with Crippen LogP contribution in [0.15, 0.2) is 24.9 Å². The molecule has 222 valence electrons. The Balaban J connectivity index is 1.42. The van der Waals surface area contributed by atoms with Crippen LogP contribution >= 0.6 is 0 Å². The Kier molecular flexibility index (Phi) is 7.20. The molecule has 0 bridgehead atoms. The zero-order valence-corrected chi connectivity index (χ0v) is 24.2. The van der Waals surface area contributed by atoms with Crippen LogP contribution in [0.4, 0.5) is 20.4 Å². The summed E-state index contributed by atoms with van der Waals surface area (Å²) in [4.78, 5) is 36.1. The predicted octanol–water partition coefficient (Wildman–Crippen LogP) is 3.60. The molecule has 10 nitrogen and oxygen atoms in total. The monoisotopic (exact) mass is 578 g/mol. The van der Waals surface area contributed by atoms with Gasteiger partial charge in [-0.05, 0) is 62.9 Å². The lowest BCUT2D eigenvalue weighted by molar-refractivity contribution is -0.125. The molecule has 1 amide bonds. The van der Waals surface area contributed by atoms with E-state index < -0.39 is 17.5 Å². The zero-order chi connectivity index (χ0) is 29.8. The quantitative estimate of drug-likeness (QED) is 0.420. The van der Waals surface area contributed by atoms with Crippen molar-refractivity contribution in [2.75, 3.05) is 50.5 Å². The van der Waals surface area contributed by atoms with Gasteiger partial charge in [0.25, 0.3) is 0 Å². The molecule has 3 aliphatic heterocycles. The number of anilines is 2. The topological polar surface area (TPSA) is 114 Å². The summed E-state index contributed by atoms with van der Waals surface area (Å²) in [6, 6.07) is 1.67. The number of amides is 1. The van der Waals surface area contributed by atoms with E-state index in [4.69, 9.17) is 15.5 Å². The fraction of sp³-hybridized carbons (Fsp3) is 0.500. The Morgan fingerprint density at radius 1 is 1.26 bits per heavy atom. The normalized spacial score (nSPS) is 23.9. The number of alkyl halides is 1. The number of hydrogen-bond donors (Lipinski definition) is 1. The Morgan fingerprint density at radius 3 is 2.86 bits per heavy atom. The Labute approximate surface area is 243 Å².